The number of nitrogens with zero attached hydrogens (tertiary/aromatic N) is 1. The number of hydrogen-bond donors (Lipinski definition) is 3. The van der Waals surface area contributed by atoms with Crippen LogP contribution in [0.5, 0.6) is 0 Å². The van der Waals surface area contributed by atoms with Crippen molar-refractivity contribution in [3.8, 4) is 0 Å². The quantitative estimate of drug-likeness (QED) is 0.534. The Labute approximate surface area is 147 Å². The Kier molecular flexibility index (Phi) is 5.72. The van der Waals surface area contributed by atoms with Gasteiger partial charge in [-0.25, -0.2) is 0 Å². The molecule has 1 aromatic heterocycles. The fourth-order valence-electron chi connectivity index (χ4n) is 2.47. The lowest BCUT2D eigenvalue weighted by Crippen LogP contribution is -2.37. The number of amides is 1. The minimum Gasteiger partial charge on any atom is -0.467 e. The highest BCUT2D eigenvalue weighted by Crippen LogP contribution is 2.27. The van der Waals surface area contributed by atoms with Gasteiger partial charge in [0, 0.05) is 25.7 Å². The van der Waals surface area contributed by atoms with Crippen LogP contribution in [0, 0.1) is 5.92 Å². The molecule has 2 aromatic rings. The smallest absolute Gasteiger partial charge is 0.251 e. The van der Waals surface area contributed by atoms with Gasteiger partial charge in [-0.2, -0.15) is 0 Å². The number of carbonyl (C=O) groups is 1. The molecule has 132 valence electrons. The first-order chi connectivity index (χ1) is 12.2. The van der Waals surface area contributed by atoms with Gasteiger partial charge in [0.2, 0.25) is 0 Å². The minimum absolute atomic E-state index is 0.116. The molecule has 6 heteroatoms. The van der Waals surface area contributed by atoms with Crippen LogP contribution in [0.15, 0.2) is 52.1 Å². The van der Waals surface area contributed by atoms with Crippen LogP contribution < -0.4 is 16.0 Å². The lowest BCUT2D eigenvalue weighted by molar-refractivity contribution is 0.0948. The van der Waals surface area contributed by atoms with Gasteiger partial charge in [0.15, 0.2) is 5.96 Å². The fraction of sp³-hybridized carbons (Fsp3) is 0.368. The third-order valence-electron chi connectivity index (χ3n) is 4.13. The van der Waals surface area contributed by atoms with Crippen molar-refractivity contribution in [3.05, 3.63) is 59.5 Å². The van der Waals surface area contributed by atoms with Crippen LogP contribution in [-0.4, -0.2) is 25.5 Å². The number of rotatable bonds is 7. The summed E-state index contributed by atoms with van der Waals surface area (Å²) in [5.74, 6) is 2.20. The van der Waals surface area contributed by atoms with E-state index in [4.69, 9.17) is 4.42 Å². The lowest BCUT2D eigenvalue weighted by Gasteiger charge is -2.12. The molecule has 0 unspecified atom stereocenters. The highest BCUT2D eigenvalue weighted by Gasteiger charge is 2.21. The molecule has 1 aliphatic rings. The zero-order valence-corrected chi connectivity index (χ0v) is 14.4. The maximum Gasteiger partial charge on any atom is 0.251 e. The van der Waals surface area contributed by atoms with Crippen LogP contribution in [0.1, 0.15) is 34.5 Å². The van der Waals surface area contributed by atoms with Crippen molar-refractivity contribution < 1.29 is 9.21 Å². The van der Waals surface area contributed by atoms with Gasteiger partial charge in [-0.15, -0.1) is 0 Å². The monoisotopic (exact) mass is 340 g/mol. The molecule has 0 aliphatic heterocycles. The predicted octanol–water partition coefficient (Wildman–Crippen LogP) is 2.28. The van der Waals surface area contributed by atoms with E-state index < -0.39 is 0 Å². The summed E-state index contributed by atoms with van der Waals surface area (Å²) < 4.78 is 5.22. The molecule has 0 saturated heterocycles. The van der Waals surface area contributed by atoms with E-state index in [-0.39, 0.29) is 5.91 Å². The number of hydrogen-bond acceptors (Lipinski definition) is 3. The fourth-order valence-corrected chi connectivity index (χ4v) is 2.47. The number of furan rings is 1. The van der Waals surface area contributed by atoms with Crippen LogP contribution >= 0.6 is 0 Å². The van der Waals surface area contributed by atoms with Crippen molar-refractivity contribution in [2.45, 2.75) is 25.9 Å². The molecule has 1 heterocycles. The van der Waals surface area contributed by atoms with Crippen LogP contribution in [0.3, 0.4) is 0 Å². The molecule has 0 atom stereocenters. The molecule has 1 saturated carbocycles. The van der Waals surface area contributed by atoms with Gasteiger partial charge in [-0.1, -0.05) is 12.1 Å². The lowest BCUT2D eigenvalue weighted by atomic mass is 10.1. The summed E-state index contributed by atoms with van der Waals surface area (Å²) in [5, 5.41) is 9.46. The highest BCUT2D eigenvalue weighted by molar-refractivity contribution is 5.94. The molecule has 1 aliphatic carbocycles. The topological polar surface area (TPSA) is 78.7 Å². The zero-order valence-electron chi connectivity index (χ0n) is 14.4. The summed E-state index contributed by atoms with van der Waals surface area (Å²) in [6, 6.07) is 11.2. The third kappa shape index (κ3) is 5.38. The molecule has 3 N–H and O–H groups in total. The van der Waals surface area contributed by atoms with E-state index in [0.29, 0.717) is 18.7 Å². The predicted molar refractivity (Wildman–Crippen MR) is 97.2 cm³/mol. The van der Waals surface area contributed by atoms with E-state index in [9.17, 15) is 4.79 Å². The maximum atomic E-state index is 12.3. The van der Waals surface area contributed by atoms with Crippen molar-refractivity contribution in [2.75, 3.05) is 13.6 Å². The number of benzene rings is 1. The number of carbonyl (C=O) groups excluding carboxylic acids is 1. The molecule has 0 bridgehead atoms. The summed E-state index contributed by atoms with van der Waals surface area (Å²) in [4.78, 5) is 16.5. The molecule has 25 heavy (non-hydrogen) atoms. The number of nitrogens with one attached hydrogen (secondary N) is 3. The van der Waals surface area contributed by atoms with E-state index in [2.05, 4.69) is 20.9 Å². The van der Waals surface area contributed by atoms with Crippen LogP contribution in [0.4, 0.5) is 0 Å². The average molecular weight is 340 g/mol. The van der Waals surface area contributed by atoms with E-state index >= 15 is 0 Å². The molecular weight excluding hydrogens is 316 g/mol. The second-order valence-corrected chi connectivity index (χ2v) is 6.21. The van der Waals surface area contributed by atoms with Gasteiger partial charge < -0.3 is 20.4 Å². The summed E-state index contributed by atoms with van der Waals surface area (Å²) in [6.07, 6.45) is 4.20. The minimum atomic E-state index is -0.116. The summed E-state index contributed by atoms with van der Waals surface area (Å²) in [7, 11) is 1.76. The largest absolute Gasteiger partial charge is 0.467 e. The second-order valence-electron chi connectivity index (χ2n) is 6.21. The second kappa shape index (κ2) is 8.37. The van der Waals surface area contributed by atoms with Crippen molar-refractivity contribution in [1.29, 1.82) is 0 Å². The van der Waals surface area contributed by atoms with Crippen molar-refractivity contribution in [2.24, 2.45) is 10.9 Å². The van der Waals surface area contributed by atoms with Crippen LogP contribution in [-0.2, 0) is 13.1 Å². The summed E-state index contributed by atoms with van der Waals surface area (Å²) in [6.45, 7) is 1.96. The Hall–Kier alpha value is -2.76. The molecule has 0 spiro atoms. The molecule has 1 fully saturated rings. The average Bonchev–Trinajstić information content (AvgIpc) is 3.33. The van der Waals surface area contributed by atoms with Gasteiger partial charge in [0.05, 0.1) is 12.8 Å². The highest BCUT2D eigenvalue weighted by atomic mass is 16.3. The Morgan fingerprint density at radius 2 is 2.04 bits per heavy atom. The van der Waals surface area contributed by atoms with Crippen LogP contribution in [0.25, 0.3) is 0 Å². The Morgan fingerprint density at radius 3 is 2.76 bits per heavy atom. The third-order valence-corrected chi connectivity index (χ3v) is 4.13. The molecular formula is C19H24N4O2. The summed E-state index contributed by atoms with van der Waals surface area (Å²) in [5.41, 5.74) is 1.66. The van der Waals surface area contributed by atoms with Gasteiger partial charge in [0.25, 0.3) is 5.91 Å². The molecule has 6 nitrogen and oxygen atoms in total. The molecule has 1 amide bonds. The number of guanidine groups is 1. The Morgan fingerprint density at radius 1 is 1.16 bits per heavy atom. The zero-order chi connectivity index (χ0) is 17.5. The first-order valence-electron chi connectivity index (χ1n) is 8.58. The molecule has 3 rings (SSSR count). The van der Waals surface area contributed by atoms with Gasteiger partial charge in [-0.3, -0.25) is 9.79 Å². The van der Waals surface area contributed by atoms with Crippen molar-refractivity contribution >= 4 is 11.9 Å². The van der Waals surface area contributed by atoms with Crippen molar-refractivity contribution in [1.82, 2.24) is 16.0 Å². The SMILES string of the molecule is CN=C(NCc1cccc(C(=O)NCc2ccco2)c1)NCC1CC1. The maximum absolute atomic E-state index is 12.3. The van der Waals surface area contributed by atoms with E-state index in [1.807, 2.05) is 24.3 Å². The molecule has 1 aromatic carbocycles. The number of aliphatic imine (C=N–C) groups is 1. The van der Waals surface area contributed by atoms with E-state index in [0.717, 1.165) is 29.7 Å². The van der Waals surface area contributed by atoms with Crippen LogP contribution in [0.2, 0.25) is 0 Å². The van der Waals surface area contributed by atoms with Gasteiger partial charge in [-0.05, 0) is 48.6 Å². The van der Waals surface area contributed by atoms with Gasteiger partial charge >= 0.3 is 0 Å². The molecule has 0 radical (unpaired) electrons. The Balaban J connectivity index is 1.50. The van der Waals surface area contributed by atoms with E-state index in [1.54, 1.807) is 25.4 Å². The van der Waals surface area contributed by atoms with Gasteiger partial charge in [0.1, 0.15) is 5.76 Å². The standard InChI is InChI=1S/C19H24N4O2/c1-20-19(22-11-14-7-8-14)23-12-15-4-2-5-16(10-15)18(24)21-13-17-6-3-9-25-17/h2-6,9-10,14H,7-8,11-13H2,1H3,(H,21,24)(H2,20,22,23). The normalized spacial score (nSPS) is 14.2. The first-order valence-corrected chi connectivity index (χ1v) is 8.58. The first kappa shape index (κ1) is 17.1. The Bertz CT molecular complexity index is 721. The van der Waals surface area contributed by atoms with Crippen molar-refractivity contribution in [3.63, 3.8) is 0 Å². The van der Waals surface area contributed by atoms with E-state index in [1.165, 1.54) is 12.8 Å². The summed E-state index contributed by atoms with van der Waals surface area (Å²) >= 11 is 0.